The summed E-state index contributed by atoms with van der Waals surface area (Å²) in [5.74, 6) is 2.64. The van der Waals surface area contributed by atoms with Crippen LogP contribution in [0.5, 0.6) is 17.2 Å². The molecule has 57 heavy (non-hydrogen) atoms. The van der Waals surface area contributed by atoms with Crippen LogP contribution in [0.15, 0.2) is 103 Å². The fourth-order valence-corrected chi connectivity index (χ4v) is 6.70. The van der Waals surface area contributed by atoms with Gasteiger partial charge in [-0.3, -0.25) is 0 Å². The largest absolute Gasteiger partial charge is 0.493 e. The molecule has 0 saturated heterocycles. The highest BCUT2D eigenvalue weighted by atomic mass is 28.1. The van der Waals surface area contributed by atoms with Crippen molar-refractivity contribution in [2.75, 3.05) is 19.8 Å². The zero-order valence-corrected chi connectivity index (χ0v) is 37.0. The van der Waals surface area contributed by atoms with Gasteiger partial charge in [-0.2, -0.15) is 15.3 Å². The molecular weight excluding hydrogens is 725 g/mol. The fourth-order valence-electron chi connectivity index (χ4n) is 6.48. The molecule has 3 rings (SSSR count). The Hall–Kier alpha value is -3.92. The van der Waals surface area contributed by atoms with E-state index in [1.54, 1.807) is 0 Å². The zero-order valence-electron chi connectivity index (χ0n) is 36.0. The molecule has 3 radical (unpaired) electrons. The van der Waals surface area contributed by atoms with Crippen LogP contribution in [0.3, 0.4) is 0 Å². The lowest BCUT2D eigenvalue weighted by atomic mass is 10.0. The van der Waals surface area contributed by atoms with E-state index in [0.717, 1.165) is 53.2 Å². The van der Waals surface area contributed by atoms with E-state index in [-0.39, 0.29) is 6.04 Å². The van der Waals surface area contributed by atoms with Crippen LogP contribution in [0.4, 0.5) is 0 Å². The van der Waals surface area contributed by atoms with Crippen molar-refractivity contribution < 1.29 is 14.2 Å². The zero-order chi connectivity index (χ0) is 41.0. The van der Waals surface area contributed by atoms with E-state index < -0.39 is 5.79 Å². The molecule has 3 aromatic carbocycles. The molecule has 9 nitrogen and oxygen atoms in total. The number of hydrogen-bond acceptors (Lipinski definition) is 9. The summed E-state index contributed by atoms with van der Waals surface area (Å²) in [7, 11) is 3.71. The highest BCUT2D eigenvalue weighted by Crippen LogP contribution is 2.28. The maximum atomic E-state index is 6.35. The number of rotatable bonds is 31. The second-order valence-corrected chi connectivity index (χ2v) is 15.5. The van der Waals surface area contributed by atoms with Gasteiger partial charge in [0.1, 0.15) is 17.2 Å². The van der Waals surface area contributed by atoms with Gasteiger partial charge in [-0.05, 0) is 55.2 Å². The third-order valence-corrected chi connectivity index (χ3v) is 11.1. The standard InChI is InChI=1S/C47H71N6O3Si/c1-7-13-22-38(10-4)34-54-44-28-19-16-25-41(44)31-48-51-47(37-57,52-49-32-42-26-17-20-29-45(42)55-35-39(11-5)23-14-8-2)53-50-33-43-27-18-21-30-46(43)56-36-40(12-6)24-15-9-3/h16-21,25-30,38-40H,7-15,22-24,31-37H2,1-6H3. The first-order chi connectivity index (χ1) is 27.9. The minimum absolute atomic E-state index is 0.235. The van der Waals surface area contributed by atoms with Gasteiger partial charge in [0.15, 0.2) is 0 Å². The molecule has 10 heteroatoms. The summed E-state index contributed by atoms with van der Waals surface area (Å²) < 4.78 is 19.0. The van der Waals surface area contributed by atoms with E-state index in [9.17, 15) is 0 Å². The SMILES string of the molecule is CCCCC(CC)COc1ccccc1CN=NC(C[Si])(N=NCc1ccccc1OCC(CC)CCCC)N=NCc1ccccc1OCC(CC)CCCC. The molecule has 3 aromatic rings. The smallest absolute Gasteiger partial charge is 0.295 e. The maximum Gasteiger partial charge on any atom is 0.295 e. The predicted molar refractivity (Wildman–Crippen MR) is 235 cm³/mol. The summed E-state index contributed by atoms with van der Waals surface area (Å²) in [4.78, 5) is 0. The van der Waals surface area contributed by atoms with Gasteiger partial charge in [0.2, 0.25) is 0 Å². The molecule has 311 valence electrons. The van der Waals surface area contributed by atoms with Crippen molar-refractivity contribution >= 4 is 10.2 Å². The van der Waals surface area contributed by atoms with Crippen molar-refractivity contribution in [3.05, 3.63) is 89.5 Å². The molecule has 0 bridgehead atoms. The highest BCUT2D eigenvalue weighted by Gasteiger charge is 2.28. The number of azo groups is 3. The lowest BCUT2D eigenvalue weighted by Crippen LogP contribution is -2.19. The van der Waals surface area contributed by atoms with Crippen molar-refractivity contribution in [2.45, 2.75) is 150 Å². The molecule has 3 unspecified atom stereocenters. The fraction of sp³-hybridized carbons (Fsp3) is 0.617. The predicted octanol–water partition coefficient (Wildman–Crippen LogP) is 14.0. The Labute approximate surface area is 348 Å². The Morgan fingerprint density at radius 3 is 1.04 bits per heavy atom. The van der Waals surface area contributed by atoms with E-state index in [0.29, 0.717) is 57.2 Å². The minimum Gasteiger partial charge on any atom is -0.493 e. The van der Waals surface area contributed by atoms with Crippen molar-refractivity contribution in [3.8, 4) is 17.2 Å². The number of ether oxygens (including phenoxy) is 3. The number of hydrogen-bond donors (Lipinski definition) is 0. The molecule has 0 spiro atoms. The average Bonchev–Trinajstić information content (AvgIpc) is 3.25. The highest BCUT2D eigenvalue weighted by molar-refractivity contribution is 6.09. The summed E-state index contributed by atoms with van der Waals surface area (Å²) in [6.07, 6.45) is 14.0. The van der Waals surface area contributed by atoms with Gasteiger partial charge in [-0.1, -0.05) is 154 Å². The number of nitrogens with zero attached hydrogens (tertiary/aromatic N) is 6. The Morgan fingerprint density at radius 2 is 0.772 bits per heavy atom. The summed E-state index contributed by atoms with van der Waals surface area (Å²) in [5, 5.41) is 28.1. The van der Waals surface area contributed by atoms with Crippen molar-refractivity contribution in [1.82, 2.24) is 0 Å². The van der Waals surface area contributed by atoms with Gasteiger partial charge in [0.25, 0.3) is 5.79 Å². The van der Waals surface area contributed by atoms with Crippen molar-refractivity contribution in [1.29, 1.82) is 0 Å². The van der Waals surface area contributed by atoms with Crippen LogP contribution in [0.1, 0.15) is 135 Å². The Balaban J connectivity index is 1.85. The van der Waals surface area contributed by atoms with Crippen LogP contribution in [0.2, 0.25) is 6.04 Å². The maximum absolute atomic E-state index is 6.35. The van der Waals surface area contributed by atoms with Gasteiger partial charge in [0.05, 0.1) is 39.5 Å². The molecule has 0 saturated carbocycles. The second kappa shape index (κ2) is 28.5. The average molecular weight is 796 g/mol. The molecule has 3 atom stereocenters. The van der Waals surface area contributed by atoms with E-state index >= 15 is 0 Å². The summed E-state index contributed by atoms with van der Waals surface area (Å²) in [5.41, 5.74) is 2.86. The quantitative estimate of drug-likeness (QED) is 0.0478. The first kappa shape index (κ1) is 47.5. The molecule has 0 heterocycles. The molecule has 0 aliphatic rings. The molecule has 0 N–H and O–H groups in total. The summed E-state index contributed by atoms with van der Waals surface area (Å²) >= 11 is 0. The molecule has 0 aliphatic carbocycles. The first-order valence-electron chi connectivity index (χ1n) is 21.9. The van der Waals surface area contributed by atoms with Crippen LogP contribution < -0.4 is 14.2 Å². The van der Waals surface area contributed by atoms with Gasteiger partial charge >= 0.3 is 0 Å². The van der Waals surface area contributed by atoms with Crippen LogP contribution in [0, 0.1) is 17.8 Å². The minimum atomic E-state index is -1.41. The third-order valence-electron chi connectivity index (χ3n) is 10.6. The molecular formula is C47H71N6O3Si. The van der Waals surface area contributed by atoms with E-state index in [1.807, 2.05) is 72.8 Å². The molecule has 0 amide bonds. The summed E-state index contributed by atoms with van der Waals surface area (Å²) in [6, 6.07) is 24.3. The van der Waals surface area contributed by atoms with Gasteiger partial charge in [-0.25, -0.2) is 0 Å². The topological polar surface area (TPSA) is 102 Å². The first-order valence-corrected chi connectivity index (χ1v) is 22.6. The third kappa shape index (κ3) is 17.6. The van der Waals surface area contributed by atoms with Gasteiger partial charge in [-0.15, -0.1) is 15.3 Å². The number of unbranched alkanes of at least 4 members (excludes halogenated alkanes) is 3. The van der Waals surface area contributed by atoms with Crippen molar-refractivity contribution in [3.63, 3.8) is 0 Å². The lowest BCUT2D eigenvalue weighted by molar-refractivity contribution is 0.231. The van der Waals surface area contributed by atoms with Gasteiger partial charge < -0.3 is 14.2 Å². The Kier molecular flexibility index (Phi) is 23.7. The summed E-state index contributed by atoms with van der Waals surface area (Å²) in [6.45, 7) is 16.4. The van der Waals surface area contributed by atoms with E-state index in [1.165, 1.54) is 57.8 Å². The molecule has 0 fully saturated rings. The number of benzene rings is 3. The molecule has 0 aliphatic heterocycles. The number of para-hydroxylation sites is 3. The van der Waals surface area contributed by atoms with Crippen LogP contribution in [-0.2, 0) is 19.6 Å². The van der Waals surface area contributed by atoms with E-state index in [2.05, 4.69) is 67.1 Å². The van der Waals surface area contributed by atoms with Crippen molar-refractivity contribution in [2.24, 2.45) is 48.4 Å². The Morgan fingerprint density at radius 1 is 0.474 bits per heavy atom. The Bertz CT molecular complexity index is 1420. The van der Waals surface area contributed by atoms with Crippen LogP contribution in [-0.4, -0.2) is 35.8 Å². The van der Waals surface area contributed by atoms with E-state index in [4.69, 9.17) is 29.6 Å². The second-order valence-electron chi connectivity index (χ2n) is 15.2. The lowest BCUT2D eigenvalue weighted by Gasteiger charge is -2.18. The monoisotopic (exact) mass is 796 g/mol. The van der Waals surface area contributed by atoms with Crippen LogP contribution in [0.25, 0.3) is 0 Å². The normalized spacial score (nSPS) is 14.6. The van der Waals surface area contributed by atoms with Gasteiger partial charge in [0, 0.05) is 33.0 Å². The van der Waals surface area contributed by atoms with Crippen LogP contribution >= 0.6 is 0 Å². The molecule has 0 aromatic heterocycles.